The third-order valence-electron chi connectivity index (χ3n) is 18.0. The maximum atomic E-state index is 16.1. The second-order valence-electron chi connectivity index (χ2n) is 25.3. The molecule has 4 nitrogen and oxygen atoms in total. The van der Waals surface area contributed by atoms with Crippen molar-refractivity contribution in [2.75, 3.05) is 14.7 Å². The minimum atomic E-state index is -3.38. The molecule has 2 aromatic heterocycles. The predicted octanol–water partition coefficient (Wildman–Crippen LogP) is 18.0. The normalized spacial score (nSPS) is 13.1. The van der Waals surface area contributed by atoms with E-state index in [1.807, 2.05) is 29.5 Å². The van der Waals surface area contributed by atoms with Gasteiger partial charge in [0, 0.05) is 59.9 Å². The fourth-order valence-electron chi connectivity index (χ4n) is 13.6. The second-order valence-corrected chi connectivity index (χ2v) is 30.4. The summed E-state index contributed by atoms with van der Waals surface area (Å²) in [5, 5.41) is 5.89. The van der Waals surface area contributed by atoms with Gasteiger partial charge < -0.3 is 19.1 Å². The van der Waals surface area contributed by atoms with Crippen molar-refractivity contribution in [2.45, 2.75) is 58.9 Å². The summed E-state index contributed by atoms with van der Waals surface area (Å²) >= 11 is 1.87. The third kappa shape index (κ3) is 8.65. The first-order valence-electron chi connectivity index (χ1n) is 29.6. The lowest BCUT2D eigenvalue weighted by Gasteiger charge is -2.45. The summed E-state index contributed by atoms with van der Waals surface area (Å²) in [4.78, 5) is 7.42. The smallest absolute Gasteiger partial charge is 0.264 e. The van der Waals surface area contributed by atoms with Gasteiger partial charge in [0.25, 0.3) is 6.71 Å². The van der Waals surface area contributed by atoms with Crippen molar-refractivity contribution in [1.82, 2.24) is 0 Å². The Balaban J connectivity index is 1.09. The number of nitrogens with zero attached hydrogens (tertiary/aromatic N) is 3. The maximum absolute atomic E-state index is 16.1. The van der Waals surface area contributed by atoms with Crippen molar-refractivity contribution in [3.05, 3.63) is 271 Å². The van der Waals surface area contributed by atoms with E-state index < -0.39 is 8.07 Å². The van der Waals surface area contributed by atoms with Gasteiger partial charge in [0.2, 0.25) is 0 Å². The topological polar surface area (TPSA) is 22.9 Å². The van der Waals surface area contributed by atoms with Crippen LogP contribution >= 0.6 is 11.3 Å². The molecular formula is C77H62BF2N3OSSi. The number of anilines is 9. The molecule has 11 aromatic carbocycles. The molecule has 0 unspecified atom stereocenters. The molecule has 0 bridgehead atoms. The molecule has 13 aromatic rings. The molecule has 0 radical (unpaired) electrons. The van der Waals surface area contributed by atoms with Crippen LogP contribution in [-0.2, 0) is 10.8 Å². The molecule has 0 spiro atoms. The van der Waals surface area contributed by atoms with Gasteiger partial charge in [-0.05, 0) is 163 Å². The van der Waals surface area contributed by atoms with Crippen LogP contribution in [0.15, 0.2) is 253 Å². The highest BCUT2D eigenvalue weighted by molar-refractivity contribution is 7.33. The Morgan fingerprint density at radius 1 is 0.477 bits per heavy atom. The van der Waals surface area contributed by atoms with Gasteiger partial charge in [-0.1, -0.05) is 188 Å². The van der Waals surface area contributed by atoms with Crippen LogP contribution in [0.4, 0.5) is 60.0 Å². The van der Waals surface area contributed by atoms with Gasteiger partial charge in [0.15, 0.2) is 0 Å². The molecule has 0 fully saturated rings. The number of benzene rings is 11. The molecule has 0 amide bonds. The van der Waals surface area contributed by atoms with Crippen molar-refractivity contribution in [3.8, 4) is 11.1 Å². The van der Waals surface area contributed by atoms with Crippen LogP contribution in [0.3, 0.4) is 0 Å². The Morgan fingerprint density at radius 3 is 1.78 bits per heavy atom. The summed E-state index contributed by atoms with van der Waals surface area (Å²) in [6.07, 6.45) is 0. The highest BCUT2D eigenvalue weighted by Gasteiger charge is 2.48. The van der Waals surface area contributed by atoms with Gasteiger partial charge in [0.05, 0.1) is 22.4 Å². The average molecular weight is 1150 g/mol. The largest absolute Gasteiger partial charge is 0.456 e. The Labute approximate surface area is 507 Å². The number of fused-ring (bicyclic) bond motifs is 9. The molecule has 4 heterocycles. The molecule has 2 aliphatic heterocycles. The monoisotopic (exact) mass is 1150 g/mol. The van der Waals surface area contributed by atoms with E-state index >= 15 is 8.78 Å². The Bertz CT molecular complexity index is 4770. The highest BCUT2D eigenvalue weighted by atomic mass is 32.1. The summed E-state index contributed by atoms with van der Waals surface area (Å²) in [6.45, 7) is 15.7. The fourth-order valence-corrected chi connectivity index (χ4v) is 18.4. The van der Waals surface area contributed by atoms with Crippen molar-refractivity contribution >= 4 is 141 Å². The fraction of sp³-hybridized carbons (Fsp3) is 0.117. The van der Waals surface area contributed by atoms with Crippen LogP contribution in [0.25, 0.3) is 43.2 Å². The molecule has 0 saturated heterocycles. The number of furan rings is 1. The van der Waals surface area contributed by atoms with Gasteiger partial charge in [-0.15, -0.1) is 11.3 Å². The van der Waals surface area contributed by atoms with Gasteiger partial charge in [-0.3, -0.25) is 0 Å². The number of halogens is 2. The SMILES string of the molecule is CC(C)(C)c1ccc(N(c2ccc3c(c2)N(c2ccccc2)c2cc([Si](C)(c4cccc(F)c4)c4cccc(F)c4)cc4c2B3c2sc3ccc(C(C)(C)C)cc3c2N4c2cccc3oc4ccccc4c23)c2ccccc2-c2ccccc2)cc1. The van der Waals surface area contributed by atoms with Crippen LogP contribution in [0.5, 0.6) is 0 Å². The maximum Gasteiger partial charge on any atom is 0.264 e. The molecule has 418 valence electrons. The quantitative estimate of drug-likeness (QED) is 0.106. The van der Waals surface area contributed by atoms with E-state index in [4.69, 9.17) is 4.42 Å². The second kappa shape index (κ2) is 20.2. The average Bonchev–Trinajstić information content (AvgIpc) is 1.55. The zero-order valence-corrected chi connectivity index (χ0v) is 51.0. The minimum absolute atomic E-state index is 0.0468. The summed E-state index contributed by atoms with van der Waals surface area (Å²) in [7, 11) is -3.38. The van der Waals surface area contributed by atoms with Crippen molar-refractivity contribution in [2.24, 2.45) is 0 Å². The van der Waals surface area contributed by atoms with Crippen molar-refractivity contribution < 1.29 is 13.2 Å². The van der Waals surface area contributed by atoms with Gasteiger partial charge in [-0.2, -0.15) is 0 Å². The zero-order valence-electron chi connectivity index (χ0n) is 49.2. The lowest BCUT2D eigenvalue weighted by atomic mass is 9.36. The van der Waals surface area contributed by atoms with E-state index in [2.05, 4.69) is 257 Å². The Morgan fingerprint density at radius 2 is 1.08 bits per heavy atom. The van der Waals surface area contributed by atoms with Gasteiger partial charge >= 0.3 is 0 Å². The summed E-state index contributed by atoms with van der Waals surface area (Å²) < 4.78 is 41.4. The third-order valence-corrected chi connectivity index (χ3v) is 23.6. The molecule has 0 atom stereocenters. The summed E-state index contributed by atoms with van der Waals surface area (Å²) in [5.74, 6) is -0.667. The highest BCUT2D eigenvalue weighted by Crippen LogP contribution is 2.52. The number of hydrogen-bond acceptors (Lipinski definition) is 5. The summed E-state index contributed by atoms with van der Waals surface area (Å²) in [5.41, 5.74) is 17.7. The van der Waals surface area contributed by atoms with Crippen LogP contribution in [0.2, 0.25) is 6.55 Å². The van der Waals surface area contributed by atoms with E-state index in [9.17, 15) is 0 Å². The van der Waals surface area contributed by atoms with Crippen LogP contribution < -0.4 is 46.0 Å². The Hall–Kier alpha value is -9.28. The predicted molar refractivity (Wildman–Crippen MR) is 364 cm³/mol. The van der Waals surface area contributed by atoms with Crippen molar-refractivity contribution in [1.29, 1.82) is 0 Å². The zero-order chi connectivity index (χ0) is 58.8. The molecular weight excluding hydrogens is 1090 g/mol. The van der Waals surface area contributed by atoms with Gasteiger partial charge in [0.1, 0.15) is 30.9 Å². The number of para-hydroxylation sites is 3. The first kappa shape index (κ1) is 53.4. The molecule has 0 saturated carbocycles. The van der Waals surface area contributed by atoms with E-state index in [1.54, 1.807) is 24.3 Å². The van der Waals surface area contributed by atoms with E-state index in [-0.39, 0.29) is 29.2 Å². The number of thiophene rings is 1. The van der Waals surface area contributed by atoms with Crippen LogP contribution in [-0.4, -0.2) is 14.8 Å². The molecule has 2 aliphatic rings. The molecule has 0 N–H and O–H groups in total. The van der Waals surface area contributed by atoms with E-state index in [1.165, 1.54) is 43.6 Å². The minimum Gasteiger partial charge on any atom is -0.456 e. The number of rotatable bonds is 9. The van der Waals surface area contributed by atoms with Crippen molar-refractivity contribution in [3.63, 3.8) is 0 Å². The van der Waals surface area contributed by atoms with E-state index in [0.717, 1.165) is 105 Å². The van der Waals surface area contributed by atoms with Gasteiger partial charge in [-0.25, -0.2) is 8.78 Å². The number of hydrogen-bond donors (Lipinski definition) is 0. The first-order chi connectivity index (χ1) is 41.6. The Kier molecular flexibility index (Phi) is 12.5. The standard InChI is InChI=1S/C77H62BF2N3OSSi/c1-76(2,3)50-35-38-55(39-36-50)81(64-31-16-14-29-60(64)49-21-10-8-11-22-49)56-40-41-63-66(46-56)82(54-25-12-9-13-26-54)67-47-59(86(7,57-27-18-23-52(79)44-57)58-28-19-24-53(80)45-58)48-68-73(67)78(63)75-74(62-43-51(77(4,5)6)37-42-71(62)85-75)83(68)65-32-20-34-70-72(65)61-30-15-17-33-69(61)84-70/h8-48H,1-7H3. The molecule has 15 rings (SSSR count). The van der Waals surface area contributed by atoms with Crippen LogP contribution in [0, 0.1) is 11.6 Å². The summed E-state index contributed by atoms with van der Waals surface area (Å²) in [6, 6.07) is 86.9. The molecule has 0 aliphatic carbocycles. The lowest BCUT2D eigenvalue weighted by Crippen LogP contribution is -2.66. The molecule has 86 heavy (non-hydrogen) atoms. The van der Waals surface area contributed by atoms with E-state index in [0.29, 0.717) is 0 Å². The lowest BCUT2D eigenvalue weighted by molar-refractivity contribution is 0.590. The first-order valence-corrected chi connectivity index (χ1v) is 33.0. The molecule has 9 heteroatoms. The van der Waals surface area contributed by atoms with Crippen LogP contribution in [0.1, 0.15) is 52.7 Å².